The average molecular weight is 487 g/mol. The Kier molecular flexibility index (Phi) is 6.35. The topological polar surface area (TPSA) is 95.9 Å². The smallest absolute Gasteiger partial charge is 0.335 e. The van der Waals surface area contributed by atoms with Crippen LogP contribution in [0.3, 0.4) is 0 Å². The van der Waals surface area contributed by atoms with Gasteiger partial charge in [0.25, 0.3) is 5.91 Å². The van der Waals surface area contributed by atoms with E-state index in [4.69, 9.17) is 9.72 Å². The van der Waals surface area contributed by atoms with Crippen LogP contribution in [0.15, 0.2) is 36.5 Å². The zero-order chi connectivity index (χ0) is 25.4. The number of hydrogen-bond acceptors (Lipinski definition) is 6. The van der Waals surface area contributed by atoms with Crippen molar-refractivity contribution in [1.82, 2.24) is 9.97 Å². The summed E-state index contributed by atoms with van der Waals surface area (Å²) in [5.74, 6) is 1.07. The third kappa shape index (κ3) is 4.17. The zero-order valence-corrected chi connectivity index (χ0v) is 20.9. The Balaban J connectivity index is 1.39. The van der Waals surface area contributed by atoms with Gasteiger partial charge in [0.15, 0.2) is 5.82 Å². The summed E-state index contributed by atoms with van der Waals surface area (Å²) in [5.41, 5.74) is 5.36. The van der Waals surface area contributed by atoms with Crippen LogP contribution in [0, 0.1) is 6.92 Å². The summed E-state index contributed by atoms with van der Waals surface area (Å²) in [5, 5.41) is 9.53. The number of carboxylic acids is 1. The lowest BCUT2D eigenvalue weighted by Gasteiger charge is -2.23. The largest absolute Gasteiger partial charge is 0.493 e. The van der Waals surface area contributed by atoms with Gasteiger partial charge < -0.3 is 19.6 Å². The molecule has 0 saturated heterocycles. The number of aromatic carboxylic acids is 1. The first-order chi connectivity index (χ1) is 17.4. The Labute approximate surface area is 210 Å². The lowest BCUT2D eigenvalue weighted by atomic mass is 9.87. The molecule has 1 aliphatic carbocycles. The number of benzene rings is 1. The highest BCUT2D eigenvalue weighted by atomic mass is 16.5. The normalized spacial score (nSPS) is 14.6. The number of carboxylic acid groups (broad SMARTS) is 1. The first-order valence-electron chi connectivity index (χ1n) is 12.4. The van der Waals surface area contributed by atoms with E-state index in [9.17, 15) is 14.7 Å². The van der Waals surface area contributed by atoms with Crippen LogP contribution in [0.25, 0.3) is 0 Å². The van der Waals surface area contributed by atoms with Gasteiger partial charge in [-0.05, 0) is 86.6 Å². The summed E-state index contributed by atoms with van der Waals surface area (Å²) in [7, 11) is 1.76. The summed E-state index contributed by atoms with van der Waals surface area (Å²) in [6, 6.07) is 9.15. The standard InChI is InChI=1S/C28H30N4O4/c1-4-32-25-22(27(33)31(3)23-11-9-17(2)30-26(23)32)15-18(16-29-25)13-14-36-24-12-10-21(28(34)35)19-7-5-6-8-20(19)24/h9-12,15-16H,4-8,13-14H2,1-3H3,(H,34,35). The maximum atomic E-state index is 13.4. The molecule has 1 aliphatic heterocycles. The van der Waals surface area contributed by atoms with Crippen molar-refractivity contribution in [2.24, 2.45) is 0 Å². The van der Waals surface area contributed by atoms with Gasteiger partial charge in [0, 0.05) is 31.9 Å². The molecule has 0 bridgehead atoms. The summed E-state index contributed by atoms with van der Waals surface area (Å²) in [4.78, 5) is 38.0. The maximum absolute atomic E-state index is 13.4. The van der Waals surface area contributed by atoms with E-state index in [1.807, 2.05) is 36.9 Å². The Morgan fingerprint density at radius 1 is 1.11 bits per heavy atom. The van der Waals surface area contributed by atoms with E-state index < -0.39 is 5.97 Å². The lowest BCUT2D eigenvalue weighted by molar-refractivity contribution is 0.0695. The third-order valence-electron chi connectivity index (χ3n) is 7.01. The van der Waals surface area contributed by atoms with Crippen LogP contribution in [-0.2, 0) is 19.3 Å². The molecule has 36 heavy (non-hydrogen) atoms. The highest BCUT2D eigenvalue weighted by Gasteiger charge is 2.31. The van der Waals surface area contributed by atoms with E-state index in [0.29, 0.717) is 36.5 Å². The molecule has 8 heteroatoms. The first-order valence-corrected chi connectivity index (χ1v) is 12.4. The van der Waals surface area contributed by atoms with Gasteiger partial charge in [-0.15, -0.1) is 0 Å². The fourth-order valence-corrected chi connectivity index (χ4v) is 5.15. The summed E-state index contributed by atoms with van der Waals surface area (Å²) in [6.45, 7) is 4.99. The Morgan fingerprint density at radius 2 is 1.89 bits per heavy atom. The predicted octanol–water partition coefficient (Wildman–Crippen LogP) is 4.73. The van der Waals surface area contributed by atoms with E-state index in [1.165, 1.54) is 0 Å². The fraction of sp³-hybridized carbons (Fsp3) is 0.357. The number of fused-ring (bicyclic) bond motifs is 3. The van der Waals surface area contributed by atoms with Gasteiger partial charge in [-0.1, -0.05) is 0 Å². The van der Waals surface area contributed by atoms with Gasteiger partial charge in [-0.2, -0.15) is 0 Å². The monoisotopic (exact) mass is 486 g/mol. The van der Waals surface area contributed by atoms with Gasteiger partial charge in [-0.25, -0.2) is 14.8 Å². The number of ether oxygens (including phenoxy) is 1. The van der Waals surface area contributed by atoms with Crippen LogP contribution in [0.4, 0.5) is 17.3 Å². The molecule has 0 radical (unpaired) electrons. The third-order valence-corrected chi connectivity index (χ3v) is 7.01. The molecule has 3 aromatic rings. The first kappa shape index (κ1) is 23.8. The van der Waals surface area contributed by atoms with Crippen molar-refractivity contribution in [2.45, 2.75) is 46.0 Å². The Morgan fingerprint density at radius 3 is 2.64 bits per heavy atom. The van der Waals surface area contributed by atoms with Crippen molar-refractivity contribution in [3.05, 3.63) is 70.0 Å². The molecular weight excluding hydrogens is 456 g/mol. The molecule has 5 rings (SSSR count). The number of carbonyl (C=O) groups is 2. The van der Waals surface area contributed by atoms with Crippen LogP contribution in [0.5, 0.6) is 5.75 Å². The minimum Gasteiger partial charge on any atom is -0.493 e. The Bertz CT molecular complexity index is 1350. The van der Waals surface area contributed by atoms with Crippen LogP contribution >= 0.6 is 0 Å². The number of amides is 1. The van der Waals surface area contributed by atoms with E-state index >= 15 is 0 Å². The van der Waals surface area contributed by atoms with Crippen molar-refractivity contribution < 1.29 is 19.4 Å². The molecule has 1 aromatic carbocycles. The second-order valence-electron chi connectivity index (χ2n) is 9.30. The van der Waals surface area contributed by atoms with Gasteiger partial charge in [-0.3, -0.25) is 4.79 Å². The van der Waals surface area contributed by atoms with Crippen LogP contribution in [0.1, 0.15) is 62.9 Å². The number of rotatable bonds is 6. The molecule has 1 N–H and O–H groups in total. The molecule has 3 heterocycles. The highest BCUT2D eigenvalue weighted by molar-refractivity contribution is 6.12. The van der Waals surface area contributed by atoms with Crippen LogP contribution < -0.4 is 14.5 Å². The maximum Gasteiger partial charge on any atom is 0.335 e. The molecule has 2 aromatic heterocycles. The van der Waals surface area contributed by atoms with Gasteiger partial charge in [0.1, 0.15) is 11.6 Å². The molecular formula is C28H30N4O4. The number of carbonyl (C=O) groups excluding carboxylic acids is 1. The quantitative estimate of drug-likeness (QED) is 0.538. The number of nitrogens with zero attached hydrogens (tertiary/aromatic N) is 4. The van der Waals surface area contributed by atoms with E-state index in [1.54, 1.807) is 30.3 Å². The van der Waals surface area contributed by atoms with Crippen molar-refractivity contribution in [2.75, 3.05) is 30.0 Å². The van der Waals surface area contributed by atoms with Crippen molar-refractivity contribution in [3.8, 4) is 5.75 Å². The molecule has 0 atom stereocenters. The molecule has 0 saturated carbocycles. The van der Waals surface area contributed by atoms with Gasteiger partial charge >= 0.3 is 5.97 Å². The molecule has 0 fully saturated rings. The van der Waals surface area contributed by atoms with Crippen LogP contribution in [0.2, 0.25) is 0 Å². The molecule has 8 nitrogen and oxygen atoms in total. The number of aryl methyl sites for hydroxylation is 1. The minimum absolute atomic E-state index is 0.124. The Hall–Kier alpha value is -3.94. The van der Waals surface area contributed by atoms with Gasteiger partial charge in [0.2, 0.25) is 0 Å². The summed E-state index contributed by atoms with van der Waals surface area (Å²) >= 11 is 0. The van der Waals surface area contributed by atoms with E-state index in [2.05, 4.69) is 4.98 Å². The average Bonchev–Trinajstić information content (AvgIpc) is 2.96. The lowest BCUT2D eigenvalue weighted by Crippen LogP contribution is -2.25. The number of hydrogen-bond donors (Lipinski definition) is 1. The second-order valence-corrected chi connectivity index (χ2v) is 9.30. The number of anilines is 3. The van der Waals surface area contributed by atoms with E-state index in [0.717, 1.165) is 65.3 Å². The molecule has 186 valence electrons. The fourth-order valence-electron chi connectivity index (χ4n) is 5.15. The molecule has 1 amide bonds. The second kappa shape index (κ2) is 9.60. The zero-order valence-electron chi connectivity index (χ0n) is 20.9. The number of aromatic nitrogens is 2. The summed E-state index contributed by atoms with van der Waals surface area (Å²) < 4.78 is 6.13. The van der Waals surface area contributed by atoms with E-state index in [-0.39, 0.29) is 5.91 Å². The van der Waals surface area contributed by atoms with Crippen LogP contribution in [-0.4, -0.2) is 47.2 Å². The molecule has 2 aliphatic rings. The molecule has 0 spiro atoms. The SMILES string of the molecule is CCN1c2ncc(CCOc3ccc(C(=O)O)c4c3CCCC4)cc2C(=O)N(C)c2ccc(C)nc21. The van der Waals surface area contributed by atoms with Crippen molar-refractivity contribution in [1.29, 1.82) is 0 Å². The minimum atomic E-state index is -0.890. The molecule has 0 unspecified atom stereocenters. The van der Waals surface area contributed by atoms with Gasteiger partial charge in [0.05, 0.1) is 23.4 Å². The predicted molar refractivity (Wildman–Crippen MR) is 138 cm³/mol. The van der Waals surface area contributed by atoms with Crippen molar-refractivity contribution in [3.63, 3.8) is 0 Å². The van der Waals surface area contributed by atoms with Crippen molar-refractivity contribution >= 4 is 29.2 Å². The summed E-state index contributed by atoms with van der Waals surface area (Å²) in [6.07, 6.45) is 5.98. The highest BCUT2D eigenvalue weighted by Crippen LogP contribution is 2.38. The number of pyridine rings is 2.